The first-order chi connectivity index (χ1) is 9.24. The second-order valence-electron chi connectivity index (χ2n) is 4.32. The molecule has 1 heterocycles. The van der Waals surface area contributed by atoms with Crippen molar-refractivity contribution < 1.29 is 4.74 Å². The van der Waals surface area contributed by atoms with E-state index in [1.165, 1.54) is 0 Å². The largest absolute Gasteiger partial charge is 0.491 e. The first-order valence-electron chi connectivity index (χ1n) is 6.21. The molecule has 0 fully saturated rings. The summed E-state index contributed by atoms with van der Waals surface area (Å²) in [4.78, 5) is 4.11. The molecule has 2 rings (SSSR count). The fraction of sp³-hybridized carbons (Fsp3) is 0.200. The Morgan fingerprint density at radius 2 is 1.95 bits per heavy atom. The molecule has 98 valence electrons. The molecule has 1 N–H and O–H groups in total. The molecule has 0 unspecified atom stereocenters. The second-order valence-corrected chi connectivity index (χ2v) is 4.32. The zero-order chi connectivity index (χ0) is 13.5. The van der Waals surface area contributed by atoms with Crippen molar-refractivity contribution in [3.63, 3.8) is 0 Å². The van der Waals surface area contributed by atoms with Gasteiger partial charge >= 0.3 is 0 Å². The van der Waals surface area contributed by atoms with E-state index in [9.17, 15) is 0 Å². The lowest BCUT2D eigenvalue weighted by Gasteiger charge is -2.09. The molecular weight excluding hydrogens is 238 g/mol. The molecule has 1 aromatic heterocycles. The Bertz CT molecular complexity index is 521. The van der Waals surface area contributed by atoms with Gasteiger partial charge in [0, 0.05) is 6.20 Å². The lowest BCUT2D eigenvalue weighted by molar-refractivity contribution is 0.242. The lowest BCUT2D eigenvalue weighted by Crippen LogP contribution is -2.05. The molecule has 0 amide bonds. The van der Waals surface area contributed by atoms with E-state index < -0.39 is 0 Å². The van der Waals surface area contributed by atoms with Crippen LogP contribution in [0.2, 0.25) is 0 Å². The Kier molecular flexibility index (Phi) is 4.50. The number of hydrogen-bond acceptors (Lipinski definition) is 4. The molecular formula is C15H17N3O. The van der Waals surface area contributed by atoms with Crippen molar-refractivity contribution in [2.24, 2.45) is 5.10 Å². The van der Waals surface area contributed by atoms with Crippen LogP contribution in [0.3, 0.4) is 0 Å². The average Bonchev–Trinajstić information content (AvgIpc) is 2.41. The minimum Gasteiger partial charge on any atom is -0.491 e. The van der Waals surface area contributed by atoms with E-state index in [1.54, 1.807) is 12.4 Å². The monoisotopic (exact) mass is 255 g/mol. The molecule has 0 bridgehead atoms. The molecule has 4 nitrogen and oxygen atoms in total. The SMILES string of the molecule is CC(C)Oc1ccc(/C=N/Nc2ccccn2)cc1. The number of nitrogens with one attached hydrogen (secondary N) is 1. The number of ether oxygens (including phenoxy) is 1. The Labute approximate surface area is 113 Å². The molecule has 0 spiro atoms. The summed E-state index contributed by atoms with van der Waals surface area (Å²) < 4.78 is 5.57. The van der Waals surface area contributed by atoms with Crippen LogP contribution in [-0.2, 0) is 0 Å². The van der Waals surface area contributed by atoms with Crippen LogP contribution in [0, 0.1) is 0 Å². The normalized spacial score (nSPS) is 10.9. The van der Waals surface area contributed by atoms with Crippen LogP contribution in [0.5, 0.6) is 5.75 Å². The molecule has 0 aliphatic carbocycles. The molecule has 4 heteroatoms. The van der Waals surface area contributed by atoms with Crippen LogP contribution in [0.15, 0.2) is 53.8 Å². The van der Waals surface area contributed by atoms with Gasteiger partial charge in [-0.1, -0.05) is 6.07 Å². The van der Waals surface area contributed by atoms with E-state index in [0.717, 1.165) is 17.1 Å². The van der Waals surface area contributed by atoms with Gasteiger partial charge in [-0.3, -0.25) is 5.43 Å². The Morgan fingerprint density at radius 3 is 2.58 bits per heavy atom. The van der Waals surface area contributed by atoms with Crippen molar-refractivity contribution >= 4 is 12.0 Å². The molecule has 0 radical (unpaired) electrons. The van der Waals surface area contributed by atoms with Crippen LogP contribution in [-0.4, -0.2) is 17.3 Å². The standard InChI is InChI=1S/C15H17N3O/c1-12(2)19-14-8-6-13(7-9-14)11-17-18-15-5-3-4-10-16-15/h3-12H,1-2H3,(H,16,18)/b17-11+. The number of aromatic nitrogens is 1. The second kappa shape index (κ2) is 6.54. The smallest absolute Gasteiger partial charge is 0.146 e. The van der Waals surface area contributed by atoms with E-state index >= 15 is 0 Å². The molecule has 0 saturated carbocycles. The predicted molar refractivity (Wildman–Crippen MR) is 77.7 cm³/mol. The van der Waals surface area contributed by atoms with Gasteiger partial charge in [-0.05, 0) is 55.8 Å². The Hall–Kier alpha value is -2.36. The highest BCUT2D eigenvalue weighted by molar-refractivity contribution is 5.80. The number of nitrogens with zero attached hydrogens (tertiary/aromatic N) is 2. The summed E-state index contributed by atoms with van der Waals surface area (Å²) in [6.07, 6.45) is 3.65. The molecule has 0 atom stereocenters. The minimum atomic E-state index is 0.185. The van der Waals surface area contributed by atoms with Gasteiger partial charge in [0.1, 0.15) is 11.6 Å². The zero-order valence-corrected chi connectivity index (χ0v) is 11.1. The van der Waals surface area contributed by atoms with E-state index in [4.69, 9.17) is 4.74 Å². The summed E-state index contributed by atoms with van der Waals surface area (Å²) in [5, 5.41) is 4.12. The van der Waals surface area contributed by atoms with Gasteiger partial charge in [-0.2, -0.15) is 5.10 Å². The summed E-state index contributed by atoms with van der Waals surface area (Å²) in [5.74, 6) is 1.59. The third kappa shape index (κ3) is 4.43. The number of benzene rings is 1. The van der Waals surface area contributed by atoms with Crippen LogP contribution in [0.1, 0.15) is 19.4 Å². The molecule has 19 heavy (non-hydrogen) atoms. The van der Waals surface area contributed by atoms with Crippen molar-refractivity contribution in [3.8, 4) is 5.75 Å². The first-order valence-corrected chi connectivity index (χ1v) is 6.21. The van der Waals surface area contributed by atoms with Gasteiger partial charge < -0.3 is 4.74 Å². The predicted octanol–water partition coefficient (Wildman–Crippen LogP) is 3.31. The quantitative estimate of drug-likeness (QED) is 0.658. The van der Waals surface area contributed by atoms with Crippen molar-refractivity contribution in [1.82, 2.24) is 4.98 Å². The summed E-state index contributed by atoms with van der Waals surface area (Å²) in [6, 6.07) is 13.4. The molecule has 0 saturated heterocycles. The summed E-state index contributed by atoms with van der Waals surface area (Å²) in [7, 11) is 0. The van der Waals surface area contributed by atoms with Crippen LogP contribution < -0.4 is 10.2 Å². The Morgan fingerprint density at radius 1 is 1.16 bits per heavy atom. The molecule has 0 aliphatic heterocycles. The van der Waals surface area contributed by atoms with Gasteiger partial charge in [0.2, 0.25) is 0 Å². The highest BCUT2D eigenvalue weighted by atomic mass is 16.5. The zero-order valence-electron chi connectivity index (χ0n) is 11.1. The number of hydrazone groups is 1. The van der Waals surface area contributed by atoms with Gasteiger partial charge in [0.25, 0.3) is 0 Å². The van der Waals surface area contributed by atoms with E-state index in [-0.39, 0.29) is 6.10 Å². The van der Waals surface area contributed by atoms with Gasteiger partial charge in [-0.15, -0.1) is 0 Å². The fourth-order valence-electron chi connectivity index (χ4n) is 1.51. The highest BCUT2D eigenvalue weighted by Gasteiger charge is 1.96. The van der Waals surface area contributed by atoms with Crippen LogP contribution in [0.25, 0.3) is 0 Å². The summed E-state index contributed by atoms with van der Waals surface area (Å²) in [6.45, 7) is 4.01. The molecule has 1 aromatic carbocycles. The van der Waals surface area contributed by atoms with E-state index in [0.29, 0.717) is 0 Å². The van der Waals surface area contributed by atoms with Crippen molar-refractivity contribution in [1.29, 1.82) is 0 Å². The third-order valence-electron chi connectivity index (χ3n) is 2.31. The summed E-state index contributed by atoms with van der Waals surface area (Å²) in [5.41, 5.74) is 3.87. The average molecular weight is 255 g/mol. The first kappa shape index (κ1) is 13.1. The maximum atomic E-state index is 5.57. The van der Waals surface area contributed by atoms with Gasteiger partial charge in [0.05, 0.1) is 12.3 Å². The number of hydrogen-bond donors (Lipinski definition) is 1. The lowest BCUT2D eigenvalue weighted by atomic mass is 10.2. The van der Waals surface area contributed by atoms with Crippen molar-refractivity contribution in [2.75, 3.05) is 5.43 Å². The van der Waals surface area contributed by atoms with E-state index in [2.05, 4.69) is 15.5 Å². The van der Waals surface area contributed by atoms with Crippen LogP contribution >= 0.6 is 0 Å². The fourth-order valence-corrected chi connectivity index (χ4v) is 1.51. The van der Waals surface area contributed by atoms with Crippen molar-refractivity contribution in [2.45, 2.75) is 20.0 Å². The topological polar surface area (TPSA) is 46.5 Å². The summed E-state index contributed by atoms with van der Waals surface area (Å²) >= 11 is 0. The van der Waals surface area contributed by atoms with Crippen LogP contribution in [0.4, 0.5) is 5.82 Å². The van der Waals surface area contributed by atoms with Crippen molar-refractivity contribution in [3.05, 3.63) is 54.2 Å². The third-order valence-corrected chi connectivity index (χ3v) is 2.31. The number of pyridine rings is 1. The maximum Gasteiger partial charge on any atom is 0.146 e. The number of anilines is 1. The molecule has 2 aromatic rings. The Balaban J connectivity index is 1.92. The number of rotatable bonds is 5. The minimum absolute atomic E-state index is 0.185. The van der Waals surface area contributed by atoms with Gasteiger partial charge in [0.15, 0.2) is 0 Å². The maximum absolute atomic E-state index is 5.57. The van der Waals surface area contributed by atoms with Gasteiger partial charge in [-0.25, -0.2) is 4.98 Å². The van der Waals surface area contributed by atoms with E-state index in [1.807, 2.05) is 56.3 Å². The highest BCUT2D eigenvalue weighted by Crippen LogP contribution is 2.12. The molecule has 0 aliphatic rings.